The molecule has 2 radical (unpaired) electrons. The van der Waals surface area contributed by atoms with Crippen LogP contribution in [0.3, 0.4) is 0 Å². The van der Waals surface area contributed by atoms with E-state index in [0.717, 1.165) is 6.92 Å². The third-order valence-corrected chi connectivity index (χ3v) is 0. The molecule has 0 atom stereocenters. The zero-order valence-corrected chi connectivity index (χ0v) is 9.81. The average molecular weight is 162 g/mol. The summed E-state index contributed by atoms with van der Waals surface area (Å²) in [6.07, 6.45) is 0. The van der Waals surface area contributed by atoms with E-state index in [2.05, 4.69) is 0 Å². The summed E-state index contributed by atoms with van der Waals surface area (Å²) in [5, 5.41) is 7.42. The van der Waals surface area contributed by atoms with Crippen LogP contribution in [0, 0.1) is 0 Å². The third kappa shape index (κ3) is 72.4. The average Bonchev–Trinajstić information content (AvgIpc) is 0.811. The zero-order chi connectivity index (χ0) is 3.58. The van der Waals surface area contributed by atoms with E-state index in [1.807, 2.05) is 0 Å². The van der Waals surface area contributed by atoms with E-state index in [1.165, 1.54) is 0 Å². The Balaban J connectivity index is -0.0000000150. The van der Waals surface area contributed by atoms with Crippen LogP contribution in [0.4, 0.5) is 0 Å². The molecule has 5 heteroatoms. The molecule has 0 unspecified atom stereocenters. The minimum atomic E-state index is -0.833. The van der Waals surface area contributed by atoms with Gasteiger partial charge in [-0.2, -0.15) is 0 Å². The van der Waals surface area contributed by atoms with Crippen LogP contribution >= 0.6 is 0 Å². The van der Waals surface area contributed by atoms with Crippen LogP contribution in [0.5, 0.6) is 0 Å². The van der Waals surface area contributed by atoms with Gasteiger partial charge in [-0.25, -0.2) is 0 Å². The van der Waals surface area contributed by atoms with Crippen molar-refractivity contribution in [1.29, 1.82) is 0 Å². The van der Waals surface area contributed by atoms with Crippen LogP contribution in [0.2, 0.25) is 0 Å². The Morgan fingerprint density at radius 1 is 1.43 bits per heavy atom. The summed E-state index contributed by atoms with van der Waals surface area (Å²) in [5.74, 6) is -0.833. The Bertz CT molecular complexity index is 36.7. The fourth-order valence-corrected chi connectivity index (χ4v) is 0. The summed E-state index contributed by atoms with van der Waals surface area (Å²) in [4.78, 5) is 9.00. The second kappa shape index (κ2) is 15.7. The maximum atomic E-state index is 9.00. The van der Waals surface area contributed by atoms with Gasteiger partial charge in [0.2, 0.25) is 0 Å². The predicted molar refractivity (Wildman–Crippen MR) is 24.8 cm³/mol. The number of carboxylic acid groups (broad SMARTS) is 1. The van der Waals surface area contributed by atoms with Gasteiger partial charge < -0.3 is 5.11 Å². The van der Waals surface area contributed by atoms with Crippen molar-refractivity contribution in [3.63, 3.8) is 0 Å². The fourth-order valence-electron chi connectivity index (χ4n) is 0. The molecule has 0 spiro atoms. The molecule has 0 aliphatic carbocycles. The Morgan fingerprint density at radius 2 is 1.43 bits per heavy atom. The number of carboxylic acids is 1. The molecule has 0 aromatic rings. The Labute approximate surface area is 97.5 Å². The van der Waals surface area contributed by atoms with Crippen molar-refractivity contribution in [2.24, 2.45) is 0 Å². The number of aliphatic carboxylic acids is 1. The second-order valence-electron chi connectivity index (χ2n) is 0.519. The first-order valence-electron chi connectivity index (χ1n) is 0.928. The normalized spacial score (nSPS) is 3.57. The van der Waals surface area contributed by atoms with E-state index in [9.17, 15) is 0 Å². The summed E-state index contributed by atoms with van der Waals surface area (Å²) in [5.41, 5.74) is 0. The third-order valence-electron chi connectivity index (χ3n) is 0. The number of hydrogen-bond donors (Lipinski definition) is 1. The molecule has 0 heterocycles. The minimum Gasteiger partial charge on any atom is -0.481 e. The molecule has 0 rings (SSSR count). The smallest absolute Gasteiger partial charge is 0.300 e. The largest absolute Gasteiger partial charge is 0.481 e. The molecule has 0 amide bonds. The van der Waals surface area contributed by atoms with Gasteiger partial charge in [0.1, 0.15) is 0 Å². The first-order chi connectivity index (χ1) is 1.73. The maximum absolute atomic E-state index is 9.00. The summed E-state index contributed by atoms with van der Waals surface area (Å²) < 4.78 is 0. The second-order valence-corrected chi connectivity index (χ2v) is 0.519. The maximum Gasteiger partial charge on any atom is 0.300 e. The van der Waals surface area contributed by atoms with Crippen molar-refractivity contribution in [2.75, 3.05) is 0 Å². The standard InChI is InChI=1S/C2H4O2.Fe.2Na/c1-2(3)4;;;/h1H3,(H,3,4);;;. The van der Waals surface area contributed by atoms with Crippen LogP contribution in [0.25, 0.3) is 0 Å². The molecule has 0 aromatic carbocycles. The zero-order valence-electron chi connectivity index (χ0n) is 4.71. The summed E-state index contributed by atoms with van der Waals surface area (Å²) in [6.45, 7) is 1.08. The molecular weight excluding hydrogens is 158 g/mol. The van der Waals surface area contributed by atoms with Crippen molar-refractivity contribution in [3.05, 3.63) is 0 Å². The SMILES string of the molecule is CC(=O)O.[Fe].[Na].[Na]. The minimum absolute atomic E-state index is 0. The van der Waals surface area contributed by atoms with Gasteiger partial charge in [0.25, 0.3) is 5.97 Å². The first-order valence-corrected chi connectivity index (χ1v) is 0.928. The molecule has 7 heavy (non-hydrogen) atoms. The van der Waals surface area contributed by atoms with Crippen molar-refractivity contribution in [1.82, 2.24) is 0 Å². The quantitative estimate of drug-likeness (QED) is 0.479. The van der Waals surface area contributed by atoms with E-state index < -0.39 is 5.97 Å². The molecule has 1 N–H and O–H groups in total. The molecule has 2 nitrogen and oxygen atoms in total. The van der Waals surface area contributed by atoms with E-state index in [-0.39, 0.29) is 76.2 Å². The molecule has 0 saturated carbocycles. The predicted octanol–water partition coefficient (Wildman–Crippen LogP) is -0.673. The molecule has 0 fully saturated rings. The molecule has 34 valence electrons. The molecule has 0 aromatic heterocycles. The molecule has 0 saturated heterocycles. The van der Waals surface area contributed by atoms with E-state index >= 15 is 0 Å². The van der Waals surface area contributed by atoms with Gasteiger partial charge in [-0.05, 0) is 0 Å². The first kappa shape index (κ1) is 23.0. The van der Waals surface area contributed by atoms with Crippen molar-refractivity contribution in [3.8, 4) is 0 Å². The van der Waals surface area contributed by atoms with Crippen molar-refractivity contribution < 1.29 is 27.0 Å². The van der Waals surface area contributed by atoms with E-state index in [0.29, 0.717) is 0 Å². The van der Waals surface area contributed by atoms with Crippen molar-refractivity contribution >= 4 is 65.1 Å². The topological polar surface area (TPSA) is 37.3 Å². The van der Waals surface area contributed by atoms with Gasteiger partial charge in [-0.15, -0.1) is 0 Å². The Hall–Kier alpha value is 1.99. The molecular formula is C2H4FeNa2O2. The van der Waals surface area contributed by atoms with Crippen LogP contribution < -0.4 is 0 Å². The van der Waals surface area contributed by atoms with E-state index in [1.54, 1.807) is 0 Å². The van der Waals surface area contributed by atoms with Crippen LogP contribution in [0.1, 0.15) is 6.92 Å². The van der Waals surface area contributed by atoms with Crippen LogP contribution in [-0.2, 0) is 21.9 Å². The van der Waals surface area contributed by atoms with Gasteiger partial charge in [0.15, 0.2) is 0 Å². The molecule has 0 aliphatic heterocycles. The van der Waals surface area contributed by atoms with Crippen LogP contribution in [-0.4, -0.2) is 70.2 Å². The number of rotatable bonds is 0. The Morgan fingerprint density at radius 3 is 1.43 bits per heavy atom. The number of carbonyl (C=O) groups is 1. The van der Waals surface area contributed by atoms with Gasteiger partial charge in [-0.1, -0.05) is 0 Å². The van der Waals surface area contributed by atoms with E-state index in [4.69, 9.17) is 9.90 Å². The molecule has 0 aliphatic rings. The summed E-state index contributed by atoms with van der Waals surface area (Å²) in [6, 6.07) is 0. The number of hydrogen-bond acceptors (Lipinski definition) is 1. The Kier molecular flexibility index (Phi) is 51.6. The fraction of sp³-hybridized carbons (Fsp3) is 0.500. The van der Waals surface area contributed by atoms with Gasteiger partial charge in [-0.3, -0.25) is 4.79 Å². The van der Waals surface area contributed by atoms with Crippen molar-refractivity contribution in [2.45, 2.75) is 6.92 Å². The van der Waals surface area contributed by atoms with Gasteiger partial charge in [0, 0.05) is 83.1 Å². The molecule has 0 bridgehead atoms. The van der Waals surface area contributed by atoms with Gasteiger partial charge in [0.05, 0.1) is 0 Å². The van der Waals surface area contributed by atoms with Gasteiger partial charge >= 0.3 is 0 Å². The monoisotopic (exact) mass is 162 g/mol. The summed E-state index contributed by atoms with van der Waals surface area (Å²) >= 11 is 0. The van der Waals surface area contributed by atoms with Crippen LogP contribution in [0.15, 0.2) is 0 Å². The summed E-state index contributed by atoms with van der Waals surface area (Å²) in [7, 11) is 0.